The first-order chi connectivity index (χ1) is 7.29. The van der Waals surface area contributed by atoms with Crippen LogP contribution in [0.4, 0.5) is 8.78 Å². The first-order valence-corrected chi connectivity index (χ1v) is 6.43. The highest BCUT2D eigenvalue weighted by Crippen LogP contribution is 2.38. The van der Waals surface area contributed by atoms with Crippen molar-refractivity contribution in [1.29, 1.82) is 0 Å². The molecule has 0 spiro atoms. The molecule has 0 aliphatic rings. The summed E-state index contributed by atoms with van der Waals surface area (Å²) in [4.78, 5) is 2.68. The lowest BCUT2D eigenvalue weighted by molar-refractivity contribution is 0.141. The number of ether oxygens (including phenoxy) is 1. The molecular weight excluding hydrogens is 287 g/mol. The number of halogens is 4. The molecule has 90 valence electrons. The van der Waals surface area contributed by atoms with Gasteiger partial charge in [-0.15, -0.1) is 0 Å². The van der Waals surface area contributed by atoms with E-state index < -0.39 is 36.8 Å². The molecule has 0 aliphatic carbocycles. The zero-order valence-corrected chi connectivity index (χ0v) is 10.1. The van der Waals surface area contributed by atoms with Crippen LogP contribution in [0.15, 0.2) is 11.1 Å². The molecule has 0 aromatic carbocycles. The lowest BCUT2D eigenvalue weighted by Gasteiger charge is -2.10. The molecule has 0 radical (unpaired) electrons. The molecule has 0 amide bonds. The van der Waals surface area contributed by atoms with Gasteiger partial charge in [-0.05, 0) is 0 Å². The molecular formula is C7H5Cl2F2NO3S. The van der Waals surface area contributed by atoms with Crippen LogP contribution in [-0.4, -0.2) is 20.5 Å². The Bertz CT molecular complexity index is 507. The quantitative estimate of drug-likeness (QED) is 0.803. The fourth-order valence-electron chi connectivity index (χ4n) is 0.987. The zero-order valence-electron chi connectivity index (χ0n) is 7.75. The van der Waals surface area contributed by atoms with E-state index in [4.69, 9.17) is 22.3 Å². The maximum atomic E-state index is 12.4. The van der Waals surface area contributed by atoms with Crippen molar-refractivity contribution in [3.63, 3.8) is 0 Å². The Morgan fingerprint density at radius 2 is 2.06 bits per heavy atom. The van der Waals surface area contributed by atoms with Gasteiger partial charge in [0.1, 0.15) is 15.6 Å². The topological polar surface area (TPSA) is 56.3 Å². The van der Waals surface area contributed by atoms with Gasteiger partial charge in [0.15, 0.2) is 5.75 Å². The Hall–Kier alpha value is -0.660. The summed E-state index contributed by atoms with van der Waals surface area (Å²) in [7, 11) is 1.94. The van der Waals surface area contributed by atoms with Crippen LogP contribution in [0.5, 0.6) is 5.75 Å². The summed E-state index contributed by atoms with van der Waals surface area (Å²) in [6, 6.07) is 0. The van der Waals surface area contributed by atoms with Gasteiger partial charge in [-0.1, -0.05) is 11.6 Å². The average molecular weight is 292 g/mol. The predicted molar refractivity (Wildman–Crippen MR) is 53.8 cm³/mol. The fraction of sp³-hybridized carbons (Fsp3) is 0.286. The number of methoxy groups -OCH3 is 1. The molecule has 0 saturated heterocycles. The third-order valence-corrected chi connectivity index (χ3v) is 3.46. The minimum absolute atomic E-state index is 0.501. The molecule has 0 N–H and O–H groups in total. The van der Waals surface area contributed by atoms with E-state index in [2.05, 4.69) is 9.72 Å². The lowest BCUT2D eigenvalue weighted by Crippen LogP contribution is -2.02. The summed E-state index contributed by atoms with van der Waals surface area (Å²) in [6.07, 6.45) is -2.27. The summed E-state index contributed by atoms with van der Waals surface area (Å²) < 4.78 is 51.5. The van der Waals surface area contributed by atoms with Crippen molar-refractivity contribution in [3.05, 3.63) is 16.9 Å². The van der Waals surface area contributed by atoms with Crippen LogP contribution in [0.25, 0.3) is 0 Å². The van der Waals surface area contributed by atoms with Crippen LogP contribution >= 0.6 is 22.3 Å². The van der Waals surface area contributed by atoms with Crippen LogP contribution < -0.4 is 4.74 Å². The van der Waals surface area contributed by atoms with Crippen molar-refractivity contribution >= 4 is 31.3 Å². The van der Waals surface area contributed by atoms with Crippen LogP contribution in [0.3, 0.4) is 0 Å². The van der Waals surface area contributed by atoms with Gasteiger partial charge in [0.05, 0.1) is 7.11 Å². The Morgan fingerprint density at radius 3 is 2.44 bits per heavy atom. The maximum Gasteiger partial charge on any atom is 0.284 e. The monoisotopic (exact) mass is 291 g/mol. The van der Waals surface area contributed by atoms with Gasteiger partial charge in [0, 0.05) is 16.9 Å². The first kappa shape index (κ1) is 13.4. The molecule has 0 bridgehead atoms. The molecule has 0 unspecified atom stereocenters. The van der Waals surface area contributed by atoms with Crippen molar-refractivity contribution in [2.75, 3.05) is 7.11 Å². The van der Waals surface area contributed by atoms with Crippen molar-refractivity contribution in [1.82, 2.24) is 4.98 Å². The van der Waals surface area contributed by atoms with E-state index in [0.29, 0.717) is 6.20 Å². The highest BCUT2D eigenvalue weighted by molar-refractivity contribution is 8.13. The fourth-order valence-corrected chi connectivity index (χ4v) is 2.47. The predicted octanol–water partition coefficient (Wildman–Crippen LogP) is 2.61. The van der Waals surface area contributed by atoms with Gasteiger partial charge >= 0.3 is 0 Å². The SMILES string of the molecule is COc1c(C(F)F)ncc(S(=O)(=O)Cl)c1Cl. The van der Waals surface area contributed by atoms with Gasteiger partial charge < -0.3 is 4.74 Å². The summed E-state index contributed by atoms with van der Waals surface area (Å²) in [5.41, 5.74) is -0.739. The molecule has 1 heterocycles. The van der Waals surface area contributed by atoms with Crippen molar-refractivity contribution < 1.29 is 21.9 Å². The van der Waals surface area contributed by atoms with Crippen LogP contribution in [0.2, 0.25) is 5.02 Å². The molecule has 9 heteroatoms. The molecule has 0 saturated carbocycles. The standard InChI is InChI=1S/C7H5Cl2F2NO3S/c1-15-6-4(8)3(16(9,13)14)2-12-5(6)7(10)11/h2,7H,1H3. The molecule has 4 nitrogen and oxygen atoms in total. The summed E-state index contributed by atoms with van der Waals surface area (Å²) in [6.45, 7) is 0. The first-order valence-electron chi connectivity index (χ1n) is 3.74. The minimum Gasteiger partial charge on any atom is -0.493 e. The number of hydrogen-bond donors (Lipinski definition) is 0. The van der Waals surface area contributed by atoms with E-state index in [1.165, 1.54) is 0 Å². The number of hydrogen-bond acceptors (Lipinski definition) is 4. The molecule has 1 aromatic heterocycles. The van der Waals surface area contributed by atoms with E-state index in [9.17, 15) is 17.2 Å². The number of nitrogens with zero attached hydrogens (tertiary/aromatic N) is 1. The Labute approximate surface area is 99.6 Å². The van der Waals surface area contributed by atoms with E-state index in [-0.39, 0.29) is 0 Å². The van der Waals surface area contributed by atoms with Crippen LogP contribution in [-0.2, 0) is 9.05 Å². The second-order valence-corrected chi connectivity index (χ2v) is 5.51. The third-order valence-electron chi connectivity index (χ3n) is 1.64. The average Bonchev–Trinajstić information content (AvgIpc) is 2.14. The number of alkyl halides is 2. The number of pyridine rings is 1. The normalized spacial score (nSPS) is 11.9. The number of rotatable bonds is 3. The van der Waals surface area contributed by atoms with Crippen LogP contribution in [0.1, 0.15) is 12.1 Å². The Kier molecular flexibility index (Phi) is 3.92. The molecule has 0 fully saturated rings. The summed E-state index contributed by atoms with van der Waals surface area (Å²) in [5.74, 6) is -0.501. The molecule has 0 aliphatic heterocycles. The van der Waals surface area contributed by atoms with Crippen LogP contribution in [0, 0.1) is 0 Å². The molecule has 1 aromatic rings. The summed E-state index contributed by atoms with van der Waals surface area (Å²) >= 11 is 5.58. The Balaban J connectivity index is 3.53. The minimum atomic E-state index is -4.16. The molecule has 0 atom stereocenters. The Morgan fingerprint density at radius 1 is 1.50 bits per heavy atom. The zero-order chi connectivity index (χ0) is 12.5. The third kappa shape index (κ3) is 2.53. The van der Waals surface area contributed by atoms with E-state index in [1.807, 2.05) is 0 Å². The lowest BCUT2D eigenvalue weighted by atomic mass is 10.3. The number of aromatic nitrogens is 1. The molecule has 1 rings (SSSR count). The smallest absolute Gasteiger partial charge is 0.284 e. The van der Waals surface area contributed by atoms with Gasteiger partial charge in [0.25, 0.3) is 15.5 Å². The second kappa shape index (κ2) is 4.68. The van der Waals surface area contributed by atoms with E-state index in [0.717, 1.165) is 7.11 Å². The van der Waals surface area contributed by atoms with Gasteiger partial charge in [-0.2, -0.15) is 0 Å². The highest BCUT2D eigenvalue weighted by atomic mass is 35.7. The van der Waals surface area contributed by atoms with E-state index >= 15 is 0 Å². The van der Waals surface area contributed by atoms with Crippen molar-refractivity contribution in [2.24, 2.45) is 0 Å². The summed E-state index contributed by atoms with van der Waals surface area (Å²) in [5, 5.41) is -0.511. The molecule has 16 heavy (non-hydrogen) atoms. The van der Waals surface area contributed by atoms with Gasteiger partial charge in [-0.3, -0.25) is 0 Å². The largest absolute Gasteiger partial charge is 0.493 e. The van der Waals surface area contributed by atoms with E-state index in [1.54, 1.807) is 0 Å². The second-order valence-electron chi connectivity index (χ2n) is 2.59. The van der Waals surface area contributed by atoms with Crippen molar-refractivity contribution in [3.8, 4) is 5.75 Å². The maximum absolute atomic E-state index is 12.4. The van der Waals surface area contributed by atoms with Gasteiger partial charge in [-0.25, -0.2) is 22.2 Å². The highest BCUT2D eigenvalue weighted by Gasteiger charge is 2.25. The van der Waals surface area contributed by atoms with Crippen molar-refractivity contribution in [2.45, 2.75) is 11.3 Å². The van der Waals surface area contributed by atoms with Gasteiger partial charge in [0.2, 0.25) is 0 Å².